The smallest absolute Gasteiger partial charge is 0.115 e. The van der Waals surface area contributed by atoms with Crippen LogP contribution < -0.4 is 0 Å². The van der Waals surface area contributed by atoms with E-state index in [0.717, 1.165) is 26.1 Å². The first kappa shape index (κ1) is 13.7. The molecule has 0 bridgehead atoms. The van der Waals surface area contributed by atoms with Gasteiger partial charge in [0.1, 0.15) is 6.33 Å². The zero-order valence-corrected chi connectivity index (χ0v) is 11.5. The standard InChI is InChI=1S/C16H21N3/c1-2-9-19(13-16-11-17-14-18-12-16)10-8-15-6-4-3-5-7-15/h3-7,11-12,14H,2,8-10,13H2,1H3. The molecule has 0 spiro atoms. The van der Waals surface area contributed by atoms with Gasteiger partial charge in [-0.2, -0.15) is 0 Å². The Morgan fingerprint density at radius 2 is 1.68 bits per heavy atom. The monoisotopic (exact) mass is 255 g/mol. The second-order valence-corrected chi connectivity index (χ2v) is 4.76. The van der Waals surface area contributed by atoms with Crippen LogP contribution in [0.5, 0.6) is 0 Å². The van der Waals surface area contributed by atoms with Gasteiger partial charge in [-0.15, -0.1) is 0 Å². The fraction of sp³-hybridized carbons (Fsp3) is 0.375. The van der Waals surface area contributed by atoms with Crippen molar-refractivity contribution in [3.8, 4) is 0 Å². The van der Waals surface area contributed by atoms with Gasteiger partial charge in [0.25, 0.3) is 0 Å². The summed E-state index contributed by atoms with van der Waals surface area (Å²) < 4.78 is 0. The number of hydrogen-bond acceptors (Lipinski definition) is 3. The van der Waals surface area contributed by atoms with Gasteiger partial charge in [-0.25, -0.2) is 9.97 Å². The van der Waals surface area contributed by atoms with E-state index in [4.69, 9.17) is 0 Å². The Morgan fingerprint density at radius 3 is 2.37 bits per heavy atom. The fourth-order valence-corrected chi connectivity index (χ4v) is 2.19. The Morgan fingerprint density at radius 1 is 0.947 bits per heavy atom. The number of rotatable bonds is 7. The van der Waals surface area contributed by atoms with Crippen LogP contribution in [0.1, 0.15) is 24.5 Å². The van der Waals surface area contributed by atoms with E-state index in [1.807, 2.05) is 12.4 Å². The third-order valence-corrected chi connectivity index (χ3v) is 3.12. The van der Waals surface area contributed by atoms with Gasteiger partial charge >= 0.3 is 0 Å². The van der Waals surface area contributed by atoms with Crippen LogP contribution in [0, 0.1) is 0 Å². The van der Waals surface area contributed by atoms with Crippen molar-refractivity contribution in [1.82, 2.24) is 14.9 Å². The average Bonchev–Trinajstić information content (AvgIpc) is 2.47. The van der Waals surface area contributed by atoms with E-state index in [-0.39, 0.29) is 0 Å². The molecule has 1 heterocycles. The molecule has 0 aliphatic heterocycles. The van der Waals surface area contributed by atoms with Crippen LogP contribution in [0.25, 0.3) is 0 Å². The van der Waals surface area contributed by atoms with E-state index >= 15 is 0 Å². The first-order chi connectivity index (χ1) is 9.38. The molecule has 0 amide bonds. The van der Waals surface area contributed by atoms with Crippen LogP contribution in [0.4, 0.5) is 0 Å². The maximum absolute atomic E-state index is 4.08. The molecule has 0 aliphatic rings. The molecule has 1 aromatic carbocycles. The molecule has 0 atom stereocenters. The van der Waals surface area contributed by atoms with Crippen LogP contribution in [-0.4, -0.2) is 28.0 Å². The predicted molar refractivity (Wildman–Crippen MR) is 77.7 cm³/mol. The molecule has 0 radical (unpaired) electrons. The summed E-state index contributed by atoms with van der Waals surface area (Å²) in [5.41, 5.74) is 2.58. The van der Waals surface area contributed by atoms with Gasteiger partial charge in [-0.1, -0.05) is 37.3 Å². The Balaban J connectivity index is 1.89. The molecule has 19 heavy (non-hydrogen) atoms. The molecule has 2 aromatic rings. The average molecular weight is 255 g/mol. The van der Waals surface area contributed by atoms with Gasteiger partial charge in [0, 0.05) is 31.0 Å². The molecule has 0 unspecified atom stereocenters. The lowest BCUT2D eigenvalue weighted by atomic mass is 10.1. The lowest BCUT2D eigenvalue weighted by Crippen LogP contribution is -2.26. The highest BCUT2D eigenvalue weighted by atomic mass is 15.1. The summed E-state index contributed by atoms with van der Waals surface area (Å²) in [6.45, 7) is 5.34. The predicted octanol–water partition coefficient (Wildman–Crippen LogP) is 2.93. The fourth-order valence-electron chi connectivity index (χ4n) is 2.19. The number of hydrogen-bond donors (Lipinski definition) is 0. The second kappa shape index (κ2) is 7.64. The van der Waals surface area contributed by atoms with E-state index < -0.39 is 0 Å². The van der Waals surface area contributed by atoms with Crippen molar-refractivity contribution >= 4 is 0 Å². The van der Waals surface area contributed by atoms with E-state index in [2.05, 4.69) is 52.1 Å². The van der Waals surface area contributed by atoms with Gasteiger partial charge in [0.2, 0.25) is 0 Å². The van der Waals surface area contributed by atoms with E-state index in [1.165, 1.54) is 17.5 Å². The Hall–Kier alpha value is -1.74. The number of aromatic nitrogens is 2. The zero-order chi connectivity index (χ0) is 13.3. The Kier molecular flexibility index (Phi) is 5.50. The van der Waals surface area contributed by atoms with Crippen molar-refractivity contribution in [3.05, 3.63) is 60.2 Å². The van der Waals surface area contributed by atoms with Crippen molar-refractivity contribution in [1.29, 1.82) is 0 Å². The normalized spacial score (nSPS) is 10.8. The molecule has 0 aliphatic carbocycles. The highest BCUT2D eigenvalue weighted by molar-refractivity contribution is 5.15. The summed E-state index contributed by atoms with van der Waals surface area (Å²) in [6, 6.07) is 10.6. The number of nitrogens with zero attached hydrogens (tertiary/aromatic N) is 3. The summed E-state index contributed by atoms with van der Waals surface area (Å²) in [6.07, 6.45) is 7.64. The summed E-state index contributed by atoms with van der Waals surface area (Å²) in [5, 5.41) is 0. The molecule has 2 rings (SSSR count). The molecule has 0 saturated carbocycles. The molecular formula is C16H21N3. The molecule has 3 heteroatoms. The van der Waals surface area contributed by atoms with Crippen LogP contribution in [0.3, 0.4) is 0 Å². The van der Waals surface area contributed by atoms with Crippen molar-refractivity contribution in [2.24, 2.45) is 0 Å². The Bertz CT molecular complexity index is 456. The first-order valence-corrected chi connectivity index (χ1v) is 6.88. The van der Waals surface area contributed by atoms with E-state index in [9.17, 15) is 0 Å². The van der Waals surface area contributed by atoms with Crippen molar-refractivity contribution in [2.75, 3.05) is 13.1 Å². The minimum absolute atomic E-state index is 0.932. The lowest BCUT2D eigenvalue weighted by Gasteiger charge is -2.21. The third-order valence-electron chi connectivity index (χ3n) is 3.12. The van der Waals surface area contributed by atoms with E-state index in [0.29, 0.717) is 0 Å². The van der Waals surface area contributed by atoms with Gasteiger partial charge in [-0.3, -0.25) is 4.90 Å². The van der Waals surface area contributed by atoms with Crippen LogP contribution in [0.15, 0.2) is 49.1 Å². The molecule has 0 fully saturated rings. The van der Waals surface area contributed by atoms with Crippen molar-refractivity contribution in [3.63, 3.8) is 0 Å². The lowest BCUT2D eigenvalue weighted by molar-refractivity contribution is 0.268. The zero-order valence-electron chi connectivity index (χ0n) is 11.5. The highest BCUT2D eigenvalue weighted by Crippen LogP contribution is 2.06. The van der Waals surface area contributed by atoms with Crippen molar-refractivity contribution in [2.45, 2.75) is 26.3 Å². The number of benzene rings is 1. The van der Waals surface area contributed by atoms with E-state index in [1.54, 1.807) is 6.33 Å². The van der Waals surface area contributed by atoms with Crippen LogP contribution in [0.2, 0.25) is 0 Å². The quantitative estimate of drug-likeness (QED) is 0.761. The molecule has 3 nitrogen and oxygen atoms in total. The van der Waals surface area contributed by atoms with Gasteiger partial charge in [-0.05, 0) is 24.9 Å². The SMILES string of the molecule is CCCN(CCc1ccccc1)Cc1cncnc1. The molecule has 100 valence electrons. The molecule has 0 N–H and O–H groups in total. The maximum atomic E-state index is 4.08. The van der Waals surface area contributed by atoms with Gasteiger partial charge in [0.05, 0.1) is 0 Å². The topological polar surface area (TPSA) is 29.0 Å². The summed E-state index contributed by atoms with van der Waals surface area (Å²) in [5.74, 6) is 0. The molecule has 1 aromatic heterocycles. The highest BCUT2D eigenvalue weighted by Gasteiger charge is 2.05. The maximum Gasteiger partial charge on any atom is 0.115 e. The van der Waals surface area contributed by atoms with Gasteiger partial charge in [0.15, 0.2) is 0 Å². The Labute approximate surface area is 115 Å². The van der Waals surface area contributed by atoms with Crippen LogP contribution in [-0.2, 0) is 13.0 Å². The summed E-state index contributed by atoms with van der Waals surface area (Å²) in [7, 11) is 0. The molecule has 0 saturated heterocycles. The summed E-state index contributed by atoms with van der Waals surface area (Å²) in [4.78, 5) is 10.6. The summed E-state index contributed by atoms with van der Waals surface area (Å²) >= 11 is 0. The van der Waals surface area contributed by atoms with Crippen LogP contribution >= 0.6 is 0 Å². The largest absolute Gasteiger partial charge is 0.299 e. The second-order valence-electron chi connectivity index (χ2n) is 4.76. The first-order valence-electron chi connectivity index (χ1n) is 6.88. The minimum atomic E-state index is 0.932. The van der Waals surface area contributed by atoms with Crippen molar-refractivity contribution < 1.29 is 0 Å². The van der Waals surface area contributed by atoms with Gasteiger partial charge < -0.3 is 0 Å². The third kappa shape index (κ3) is 4.79. The molecular weight excluding hydrogens is 234 g/mol. The minimum Gasteiger partial charge on any atom is -0.299 e.